The standard InChI is InChI=1S/C18H18FN5/c1-2-21-18-23-16(14-6-8-20-9-7-14)11-17(24-18)22-12-13-4-3-5-15(19)10-13/h3-11H,2,12H2,1H3,(H2,21,22,23,24). The third kappa shape index (κ3) is 4.04. The Balaban J connectivity index is 1.85. The van der Waals surface area contributed by atoms with Gasteiger partial charge in [-0.2, -0.15) is 4.98 Å². The lowest BCUT2D eigenvalue weighted by atomic mass is 10.2. The number of nitrogens with zero attached hydrogens (tertiary/aromatic N) is 3. The van der Waals surface area contributed by atoms with Crippen LogP contribution in [0.4, 0.5) is 16.2 Å². The highest BCUT2D eigenvalue weighted by molar-refractivity contribution is 5.63. The van der Waals surface area contributed by atoms with Crippen LogP contribution < -0.4 is 10.6 Å². The molecule has 0 aliphatic heterocycles. The fraction of sp³-hybridized carbons (Fsp3) is 0.167. The minimum Gasteiger partial charge on any atom is -0.366 e. The monoisotopic (exact) mass is 323 g/mol. The third-order valence-electron chi connectivity index (χ3n) is 3.40. The molecule has 0 fully saturated rings. The second kappa shape index (κ2) is 7.50. The fourth-order valence-electron chi connectivity index (χ4n) is 2.29. The van der Waals surface area contributed by atoms with Crippen molar-refractivity contribution < 1.29 is 4.39 Å². The van der Waals surface area contributed by atoms with Crippen LogP contribution in [0.15, 0.2) is 54.9 Å². The van der Waals surface area contributed by atoms with Crippen LogP contribution >= 0.6 is 0 Å². The summed E-state index contributed by atoms with van der Waals surface area (Å²) in [5.41, 5.74) is 2.61. The molecule has 122 valence electrons. The molecule has 2 heterocycles. The maximum Gasteiger partial charge on any atom is 0.225 e. The van der Waals surface area contributed by atoms with Gasteiger partial charge in [-0.25, -0.2) is 9.37 Å². The highest BCUT2D eigenvalue weighted by Crippen LogP contribution is 2.21. The second-order valence-electron chi connectivity index (χ2n) is 5.21. The van der Waals surface area contributed by atoms with Crippen LogP contribution in [-0.4, -0.2) is 21.5 Å². The molecule has 24 heavy (non-hydrogen) atoms. The second-order valence-corrected chi connectivity index (χ2v) is 5.21. The predicted molar refractivity (Wildman–Crippen MR) is 93.2 cm³/mol. The number of rotatable bonds is 6. The molecule has 0 bridgehead atoms. The lowest BCUT2D eigenvalue weighted by Crippen LogP contribution is -2.07. The van der Waals surface area contributed by atoms with E-state index in [0.29, 0.717) is 18.3 Å². The van der Waals surface area contributed by atoms with Crippen molar-refractivity contribution in [3.8, 4) is 11.3 Å². The zero-order valence-electron chi connectivity index (χ0n) is 13.3. The van der Waals surface area contributed by atoms with E-state index < -0.39 is 0 Å². The predicted octanol–water partition coefficient (Wildman–Crippen LogP) is 3.72. The van der Waals surface area contributed by atoms with Crippen LogP contribution in [0.25, 0.3) is 11.3 Å². The van der Waals surface area contributed by atoms with Crippen molar-refractivity contribution in [2.24, 2.45) is 0 Å². The molecule has 0 aliphatic rings. The zero-order chi connectivity index (χ0) is 16.8. The van der Waals surface area contributed by atoms with Crippen LogP contribution in [0.1, 0.15) is 12.5 Å². The van der Waals surface area contributed by atoms with Crippen LogP contribution in [0.2, 0.25) is 0 Å². The van der Waals surface area contributed by atoms with Gasteiger partial charge >= 0.3 is 0 Å². The third-order valence-corrected chi connectivity index (χ3v) is 3.40. The van der Waals surface area contributed by atoms with E-state index in [1.165, 1.54) is 12.1 Å². The molecule has 3 aromatic rings. The van der Waals surface area contributed by atoms with E-state index in [4.69, 9.17) is 0 Å². The average Bonchev–Trinajstić information content (AvgIpc) is 2.61. The Kier molecular flexibility index (Phi) is 4.96. The first-order chi connectivity index (χ1) is 11.7. The number of benzene rings is 1. The summed E-state index contributed by atoms with van der Waals surface area (Å²) in [5.74, 6) is 0.980. The summed E-state index contributed by atoms with van der Waals surface area (Å²) in [6.07, 6.45) is 3.45. The first-order valence-electron chi connectivity index (χ1n) is 7.76. The van der Waals surface area contributed by atoms with Crippen molar-refractivity contribution in [3.63, 3.8) is 0 Å². The van der Waals surface area contributed by atoms with E-state index in [-0.39, 0.29) is 5.82 Å². The van der Waals surface area contributed by atoms with E-state index >= 15 is 0 Å². The molecule has 1 aromatic carbocycles. The maximum atomic E-state index is 13.3. The molecule has 0 amide bonds. The molecule has 5 nitrogen and oxygen atoms in total. The van der Waals surface area contributed by atoms with Gasteiger partial charge in [0.15, 0.2) is 0 Å². The van der Waals surface area contributed by atoms with Crippen LogP contribution in [0.5, 0.6) is 0 Å². The van der Waals surface area contributed by atoms with Gasteiger partial charge in [0, 0.05) is 37.1 Å². The highest BCUT2D eigenvalue weighted by Gasteiger charge is 2.06. The number of hydrogen-bond acceptors (Lipinski definition) is 5. The molecule has 0 unspecified atom stereocenters. The van der Waals surface area contributed by atoms with E-state index in [9.17, 15) is 4.39 Å². The summed E-state index contributed by atoms with van der Waals surface area (Å²) < 4.78 is 13.3. The van der Waals surface area contributed by atoms with Gasteiger partial charge in [-0.05, 0) is 36.8 Å². The lowest BCUT2D eigenvalue weighted by molar-refractivity contribution is 0.626. The Morgan fingerprint density at radius 3 is 2.58 bits per heavy atom. The number of hydrogen-bond donors (Lipinski definition) is 2. The number of halogens is 1. The molecule has 0 aliphatic carbocycles. The maximum absolute atomic E-state index is 13.3. The Labute approximate surface area is 140 Å². The van der Waals surface area contributed by atoms with Gasteiger partial charge in [0.25, 0.3) is 0 Å². The Bertz CT molecular complexity index is 808. The Morgan fingerprint density at radius 1 is 1.00 bits per heavy atom. The van der Waals surface area contributed by atoms with Crippen LogP contribution in [-0.2, 0) is 6.54 Å². The summed E-state index contributed by atoms with van der Waals surface area (Å²) in [4.78, 5) is 13.0. The van der Waals surface area contributed by atoms with Crippen molar-refractivity contribution in [1.29, 1.82) is 0 Å². The molecule has 3 rings (SSSR count). The normalized spacial score (nSPS) is 10.4. The Morgan fingerprint density at radius 2 is 1.83 bits per heavy atom. The van der Waals surface area contributed by atoms with Crippen molar-refractivity contribution in [1.82, 2.24) is 15.0 Å². The molecule has 0 saturated carbocycles. The van der Waals surface area contributed by atoms with Gasteiger partial charge in [-0.3, -0.25) is 4.98 Å². The summed E-state index contributed by atoms with van der Waals surface area (Å²) in [7, 11) is 0. The molecule has 0 spiro atoms. The number of nitrogens with one attached hydrogen (secondary N) is 2. The van der Waals surface area contributed by atoms with Crippen LogP contribution in [0.3, 0.4) is 0 Å². The summed E-state index contributed by atoms with van der Waals surface area (Å²) >= 11 is 0. The SMILES string of the molecule is CCNc1nc(NCc2cccc(F)c2)cc(-c2ccncc2)n1. The summed E-state index contributed by atoms with van der Waals surface area (Å²) in [6, 6.07) is 12.2. The van der Waals surface area contributed by atoms with Crippen molar-refractivity contribution in [3.05, 3.63) is 66.2 Å². The first kappa shape index (κ1) is 15.9. The van der Waals surface area contributed by atoms with E-state index in [1.807, 2.05) is 31.2 Å². The van der Waals surface area contributed by atoms with E-state index in [1.54, 1.807) is 18.5 Å². The topological polar surface area (TPSA) is 62.7 Å². The highest BCUT2D eigenvalue weighted by atomic mass is 19.1. The minimum absolute atomic E-state index is 0.247. The van der Waals surface area contributed by atoms with Gasteiger partial charge in [-0.15, -0.1) is 0 Å². The smallest absolute Gasteiger partial charge is 0.225 e. The molecule has 0 saturated heterocycles. The average molecular weight is 323 g/mol. The van der Waals surface area contributed by atoms with Gasteiger partial charge in [0.1, 0.15) is 11.6 Å². The summed E-state index contributed by atoms with van der Waals surface area (Å²) in [5, 5.41) is 6.35. The van der Waals surface area contributed by atoms with Gasteiger partial charge < -0.3 is 10.6 Å². The number of pyridine rings is 1. The fourth-order valence-corrected chi connectivity index (χ4v) is 2.29. The quantitative estimate of drug-likeness (QED) is 0.724. The number of aromatic nitrogens is 3. The summed E-state index contributed by atoms with van der Waals surface area (Å²) in [6.45, 7) is 3.20. The molecule has 0 atom stereocenters. The van der Waals surface area contributed by atoms with Crippen molar-refractivity contribution in [2.75, 3.05) is 17.2 Å². The lowest BCUT2D eigenvalue weighted by Gasteiger charge is -2.11. The first-order valence-corrected chi connectivity index (χ1v) is 7.76. The Hall–Kier alpha value is -3.02. The largest absolute Gasteiger partial charge is 0.366 e. The minimum atomic E-state index is -0.247. The van der Waals surface area contributed by atoms with Gasteiger partial charge in [-0.1, -0.05) is 12.1 Å². The van der Waals surface area contributed by atoms with Crippen molar-refractivity contribution >= 4 is 11.8 Å². The zero-order valence-corrected chi connectivity index (χ0v) is 13.3. The number of anilines is 2. The van der Waals surface area contributed by atoms with Gasteiger partial charge in [0.05, 0.1) is 5.69 Å². The molecule has 6 heteroatoms. The van der Waals surface area contributed by atoms with Crippen LogP contribution in [0, 0.1) is 5.82 Å². The molecule has 2 aromatic heterocycles. The molecule has 0 radical (unpaired) electrons. The molecular weight excluding hydrogens is 305 g/mol. The van der Waals surface area contributed by atoms with Gasteiger partial charge in [0.2, 0.25) is 5.95 Å². The van der Waals surface area contributed by atoms with E-state index in [0.717, 1.165) is 23.4 Å². The molecular formula is C18H18FN5. The molecule has 2 N–H and O–H groups in total. The van der Waals surface area contributed by atoms with E-state index in [2.05, 4.69) is 25.6 Å². The van der Waals surface area contributed by atoms with Crippen molar-refractivity contribution in [2.45, 2.75) is 13.5 Å².